The summed E-state index contributed by atoms with van der Waals surface area (Å²) in [4.78, 5) is 0. The number of nitrogens with one attached hydrogen (secondary N) is 2. The van der Waals surface area contributed by atoms with Crippen molar-refractivity contribution >= 4 is 28.7 Å². The van der Waals surface area contributed by atoms with Crippen LogP contribution in [-0.4, -0.2) is 17.5 Å². The lowest BCUT2D eigenvalue weighted by molar-refractivity contribution is -0.292. The quantitative estimate of drug-likeness (QED) is 0.254. The van der Waals surface area contributed by atoms with Crippen molar-refractivity contribution in [3.63, 3.8) is 0 Å². The van der Waals surface area contributed by atoms with Crippen molar-refractivity contribution in [1.82, 2.24) is 0 Å². The summed E-state index contributed by atoms with van der Waals surface area (Å²) in [6, 6.07) is -0.215. The van der Waals surface area contributed by atoms with Gasteiger partial charge >= 0.3 is 24.2 Å². The number of thiocarbonyl (C=S) groups is 1. The van der Waals surface area contributed by atoms with E-state index in [1.54, 1.807) is 5.32 Å². The Morgan fingerprint density at radius 2 is 0.909 bits per heavy atom. The molecule has 0 atom stereocenters. The molecule has 0 saturated heterocycles. The molecule has 0 aliphatic rings. The van der Waals surface area contributed by atoms with Crippen LogP contribution in [0.4, 0.5) is 68.5 Å². The molecule has 0 amide bonds. The van der Waals surface area contributed by atoms with E-state index in [2.05, 4.69) is 12.2 Å². The SMILES string of the molecule is Fc1cc(NC(=S)Nc2cc(C(F)(F)C(F)(F)F)cc(C(F)(F)C(F)(F)F)c2)cc(F)c1F. The molecule has 16 heteroatoms. The van der Waals surface area contributed by atoms with Crippen LogP contribution < -0.4 is 10.6 Å². The van der Waals surface area contributed by atoms with Crippen LogP contribution in [0.3, 0.4) is 0 Å². The predicted octanol–water partition coefficient (Wildman–Crippen LogP) is 7.22. The Kier molecular flexibility index (Phi) is 6.85. The molecule has 0 spiro atoms. The van der Waals surface area contributed by atoms with Gasteiger partial charge in [-0.05, 0) is 30.4 Å². The molecule has 2 N–H and O–H groups in total. The Labute approximate surface area is 180 Å². The molecule has 0 aliphatic carbocycles. The minimum atomic E-state index is -6.36. The van der Waals surface area contributed by atoms with Gasteiger partial charge in [-0.3, -0.25) is 0 Å². The summed E-state index contributed by atoms with van der Waals surface area (Å²) in [5.74, 6) is -17.0. The van der Waals surface area contributed by atoms with Crippen molar-refractivity contribution in [1.29, 1.82) is 0 Å². The van der Waals surface area contributed by atoms with Gasteiger partial charge in [0.15, 0.2) is 22.6 Å². The van der Waals surface area contributed by atoms with Crippen molar-refractivity contribution in [2.75, 3.05) is 10.6 Å². The molecule has 2 aromatic carbocycles. The van der Waals surface area contributed by atoms with Crippen LogP contribution >= 0.6 is 12.2 Å². The summed E-state index contributed by atoms with van der Waals surface area (Å²) in [5, 5.41) is 2.79. The van der Waals surface area contributed by atoms with E-state index in [1.165, 1.54) is 0 Å². The van der Waals surface area contributed by atoms with E-state index >= 15 is 0 Å². The summed E-state index contributed by atoms with van der Waals surface area (Å²) >= 11 is 4.58. The number of benzene rings is 2. The Bertz CT molecular complexity index is 993. The molecule has 0 unspecified atom stereocenters. The van der Waals surface area contributed by atoms with Crippen LogP contribution in [0.1, 0.15) is 11.1 Å². The third-order valence-electron chi connectivity index (χ3n) is 3.87. The van der Waals surface area contributed by atoms with Gasteiger partial charge in [0.1, 0.15) is 0 Å². The highest BCUT2D eigenvalue weighted by molar-refractivity contribution is 7.80. The molecule has 0 saturated carbocycles. The number of hydrogen-bond acceptors (Lipinski definition) is 1. The lowest BCUT2D eigenvalue weighted by atomic mass is 9.99. The van der Waals surface area contributed by atoms with Crippen LogP contribution in [0.15, 0.2) is 30.3 Å². The van der Waals surface area contributed by atoms with E-state index in [0.29, 0.717) is 12.1 Å². The first-order valence-corrected chi connectivity index (χ1v) is 8.46. The summed E-state index contributed by atoms with van der Waals surface area (Å²) in [6.45, 7) is 0. The second-order valence-electron chi connectivity index (χ2n) is 6.28. The molecule has 2 aromatic rings. The molecular formula is C17H7F13N2S. The summed E-state index contributed by atoms with van der Waals surface area (Å²) in [7, 11) is 0. The molecule has 2 rings (SSSR count). The summed E-state index contributed by atoms with van der Waals surface area (Å²) in [5.41, 5.74) is -6.36. The first kappa shape index (κ1) is 26.5. The Morgan fingerprint density at radius 3 is 1.24 bits per heavy atom. The van der Waals surface area contributed by atoms with Crippen LogP contribution in [0.5, 0.6) is 0 Å². The third kappa shape index (κ3) is 5.42. The normalized spacial score (nSPS) is 13.1. The minimum Gasteiger partial charge on any atom is -0.332 e. The Balaban J connectivity index is 2.50. The van der Waals surface area contributed by atoms with Gasteiger partial charge in [-0.2, -0.15) is 43.9 Å². The standard InChI is InChI=1S/C17H7F13N2S/c18-10-4-9(5-11(19)12(10)20)32-13(33)31-8-2-6(14(21,22)16(25,26)27)1-7(3-8)15(23,24)17(28,29)30/h1-5H,(H2,31,32,33). The van der Waals surface area contributed by atoms with Gasteiger partial charge in [0, 0.05) is 34.6 Å². The molecule has 0 aromatic heterocycles. The third-order valence-corrected chi connectivity index (χ3v) is 4.07. The lowest BCUT2D eigenvalue weighted by Gasteiger charge is -2.25. The van der Waals surface area contributed by atoms with Gasteiger partial charge in [-0.15, -0.1) is 0 Å². The molecule has 33 heavy (non-hydrogen) atoms. The highest BCUT2D eigenvalue weighted by Gasteiger charge is 2.62. The first-order chi connectivity index (χ1) is 14.8. The zero-order valence-electron chi connectivity index (χ0n) is 15.2. The van der Waals surface area contributed by atoms with E-state index in [1.807, 2.05) is 5.32 Å². The first-order valence-electron chi connectivity index (χ1n) is 8.05. The highest BCUT2D eigenvalue weighted by atomic mass is 32.1. The number of rotatable bonds is 4. The molecule has 0 fully saturated rings. The van der Waals surface area contributed by atoms with E-state index in [-0.39, 0.29) is 12.1 Å². The maximum atomic E-state index is 13.7. The second kappa shape index (κ2) is 8.53. The van der Waals surface area contributed by atoms with Crippen molar-refractivity contribution in [3.05, 3.63) is 58.9 Å². The van der Waals surface area contributed by atoms with Crippen molar-refractivity contribution < 1.29 is 57.1 Å². The number of anilines is 2. The van der Waals surface area contributed by atoms with Gasteiger partial charge in [0.2, 0.25) is 0 Å². The monoisotopic (exact) mass is 518 g/mol. The average molecular weight is 518 g/mol. The summed E-state index contributed by atoms with van der Waals surface area (Å²) in [6.07, 6.45) is -12.7. The molecule has 0 aliphatic heterocycles. The zero-order chi connectivity index (χ0) is 25.6. The number of alkyl halides is 10. The van der Waals surface area contributed by atoms with Gasteiger partial charge in [-0.25, -0.2) is 13.2 Å². The van der Waals surface area contributed by atoms with E-state index in [9.17, 15) is 57.1 Å². The van der Waals surface area contributed by atoms with Gasteiger partial charge < -0.3 is 10.6 Å². The fourth-order valence-corrected chi connectivity index (χ4v) is 2.55. The van der Waals surface area contributed by atoms with Gasteiger partial charge in [-0.1, -0.05) is 0 Å². The fourth-order valence-electron chi connectivity index (χ4n) is 2.31. The maximum absolute atomic E-state index is 13.7. The fraction of sp³-hybridized carbons (Fsp3) is 0.235. The van der Waals surface area contributed by atoms with E-state index in [0.717, 1.165) is 0 Å². The Hall–Kier alpha value is -2.78. The smallest absolute Gasteiger partial charge is 0.332 e. The lowest BCUT2D eigenvalue weighted by Crippen LogP contribution is -2.36. The number of hydrogen-bond donors (Lipinski definition) is 2. The number of halogens is 13. The highest BCUT2D eigenvalue weighted by Crippen LogP contribution is 2.49. The van der Waals surface area contributed by atoms with Crippen LogP contribution in [0.25, 0.3) is 0 Å². The average Bonchev–Trinajstić information content (AvgIpc) is 2.63. The molecule has 0 radical (unpaired) electrons. The second-order valence-corrected chi connectivity index (χ2v) is 6.68. The van der Waals surface area contributed by atoms with E-state index < -0.39 is 75.3 Å². The molecule has 0 bridgehead atoms. The minimum absolute atomic E-state index is 0.108. The molecule has 0 heterocycles. The maximum Gasteiger partial charge on any atom is 0.458 e. The molecule has 2 nitrogen and oxygen atoms in total. The summed E-state index contributed by atoms with van der Waals surface area (Å²) < 4.78 is 170. The van der Waals surface area contributed by atoms with Crippen molar-refractivity contribution in [2.45, 2.75) is 24.2 Å². The van der Waals surface area contributed by atoms with E-state index in [4.69, 9.17) is 0 Å². The molecular weight excluding hydrogens is 511 g/mol. The van der Waals surface area contributed by atoms with Crippen LogP contribution in [-0.2, 0) is 11.8 Å². The van der Waals surface area contributed by atoms with Crippen molar-refractivity contribution in [2.24, 2.45) is 0 Å². The molecule has 182 valence electrons. The zero-order valence-corrected chi connectivity index (χ0v) is 16.0. The topological polar surface area (TPSA) is 24.1 Å². The largest absolute Gasteiger partial charge is 0.458 e. The van der Waals surface area contributed by atoms with Gasteiger partial charge in [0.05, 0.1) is 0 Å². The van der Waals surface area contributed by atoms with Crippen molar-refractivity contribution in [3.8, 4) is 0 Å². The Morgan fingerprint density at radius 1 is 0.576 bits per heavy atom. The van der Waals surface area contributed by atoms with Crippen LogP contribution in [0, 0.1) is 17.5 Å². The van der Waals surface area contributed by atoms with Gasteiger partial charge in [0.25, 0.3) is 0 Å². The van der Waals surface area contributed by atoms with Crippen LogP contribution in [0.2, 0.25) is 0 Å². The predicted molar refractivity (Wildman–Crippen MR) is 92.5 cm³/mol.